The number of rotatable bonds is 9. The SMILES string of the molecule is O=C1CCC(C(=O)NCCCNc2nc(Nc3cccc(N4C(=O)CNC4=O)c3)ncc2Br)N1. The third kappa shape index (κ3) is 5.60. The van der Waals surface area contributed by atoms with E-state index < -0.39 is 12.1 Å². The molecule has 5 amide bonds. The zero-order chi connectivity index (χ0) is 24.1. The lowest BCUT2D eigenvalue weighted by Crippen LogP contribution is -2.42. The largest absolute Gasteiger partial charge is 0.369 e. The minimum atomic E-state index is -0.460. The lowest BCUT2D eigenvalue weighted by Gasteiger charge is -2.14. The van der Waals surface area contributed by atoms with Gasteiger partial charge in [0.25, 0.3) is 5.91 Å². The number of imide groups is 1. The van der Waals surface area contributed by atoms with E-state index in [4.69, 9.17) is 0 Å². The van der Waals surface area contributed by atoms with Crippen molar-refractivity contribution in [3.8, 4) is 0 Å². The molecule has 3 heterocycles. The highest BCUT2D eigenvalue weighted by Crippen LogP contribution is 2.25. The number of benzene rings is 1. The molecule has 0 spiro atoms. The molecule has 2 fully saturated rings. The van der Waals surface area contributed by atoms with Gasteiger partial charge in [-0.2, -0.15) is 4.98 Å². The van der Waals surface area contributed by atoms with Crippen molar-refractivity contribution in [1.82, 2.24) is 25.9 Å². The Labute approximate surface area is 203 Å². The molecule has 34 heavy (non-hydrogen) atoms. The second kappa shape index (κ2) is 10.5. The van der Waals surface area contributed by atoms with E-state index >= 15 is 0 Å². The van der Waals surface area contributed by atoms with Crippen LogP contribution in [0.15, 0.2) is 34.9 Å². The standard InChI is InChI=1S/C21H23BrN8O4/c22-14-10-25-20(27-12-3-1-4-13(9-12)30-17(32)11-26-21(30)34)29-18(14)23-7-2-8-24-19(33)15-5-6-16(31)28-15/h1,3-4,9-10,15H,2,5-8,11H2,(H,24,33)(H,26,34)(H,28,31)(H2,23,25,27,29). The van der Waals surface area contributed by atoms with Crippen LogP contribution in [-0.4, -0.2) is 59.4 Å². The highest BCUT2D eigenvalue weighted by molar-refractivity contribution is 9.10. The first-order valence-corrected chi connectivity index (χ1v) is 11.5. The normalized spacial score (nSPS) is 17.4. The van der Waals surface area contributed by atoms with Gasteiger partial charge in [0, 0.05) is 31.4 Å². The highest BCUT2D eigenvalue weighted by Gasteiger charge is 2.30. The van der Waals surface area contributed by atoms with Gasteiger partial charge in [0.15, 0.2) is 0 Å². The van der Waals surface area contributed by atoms with Gasteiger partial charge >= 0.3 is 6.03 Å². The number of aromatic nitrogens is 2. The zero-order valence-electron chi connectivity index (χ0n) is 18.1. The summed E-state index contributed by atoms with van der Waals surface area (Å²) in [5.74, 6) is 0.303. The first kappa shape index (κ1) is 23.4. The molecule has 0 saturated carbocycles. The van der Waals surface area contributed by atoms with Gasteiger partial charge in [0.1, 0.15) is 11.9 Å². The van der Waals surface area contributed by atoms with Crippen LogP contribution in [0.1, 0.15) is 19.3 Å². The number of carbonyl (C=O) groups excluding carboxylic acids is 4. The lowest BCUT2D eigenvalue weighted by atomic mass is 10.2. The van der Waals surface area contributed by atoms with Gasteiger partial charge in [-0.05, 0) is 47.0 Å². The molecule has 2 aromatic rings. The Hall–Kier alpha value is -3.74. The summed E-state index contributed by atoms with van der Waals surface area (Å²) in [4.78, 5) is 56.9. The van der Waals surface area contributed by atoms with Gasteiger partial charge in [0.05, 0.1) is 16.7 Å². The van der Waals surface area contributed by atoms with E-state index in [0.29, 0.717) is 60.0 Å². The van der Waals surface area contributed by atoms with E-state index in [9.17, 15) is 19.2 Å². The maximum absolute atomic E-state index is 12.0. The smallest absolute Gasteiger partial charge is 0.329 e. The maximum Gasteiger partial charge on any atom is 0.329 e. The van der Waals surface area contributed by atoms with Crippen LogP contribution < -0.4 is 31.5 Å². The number of carbonyl (C=O) groups is 4. The first-order chi connectivity index (χ1) is 16.4. The van der Waals surface area contributed by atoms with Crippen LogP contribution in [-0.2, 0) is 14.4 Å². The molecule has 2 aliphatic rings. The highest BCUT2D eigenvalue weighted by atomic mass is 79.9. The summed E-state index contributed by atoms with van der Waals surface area (Å²) < 4.78 is 0.670. The van der Waals surface area contributed by atoms with Crippen LogP contribution in [0.5, 0.6) is 0 Å². The Balaban J connectivity index is 1.30. The van der Waals surface area contributed by atoms with Crippen molar-refractivity contribution in [3.05, 3.63) is 34.9 Å². The minimum absolute atomic E-state index is 0.0256. The van der Waals surface area contributed by atoms with Crippen molar-refractivity contribution < 1.29 is 19.2 Å². The average molecular weight is 531 g/mol. The summed E-state index contributed by atoms with van der Waals surface area (Å²) in [5.41, 5.74) is 1.06. The molecule has 2 aliphatic heterocycles. The fourth-order valence-corrected chi connectivity index (χ4v) is 3.86. The molecule has 0 aliphatic carbocycles. The van der Waals surface area contributed by atoms with Crippen LogP contribution >= 0.6 is 15.9 Å². The summed E-state index contributed by atoms with van der Waals surface area (Å²) in [7, 11) is 0. The predicted molar refractivity (Wildman–Crippen MR) is 128 cm³/mol. The molecule has 4 rings (SSSR count). The van der Waals surface area contributed by atoms with Gasteiger partial charge in [-0.3, -0.25) is 14.4 Å². The van der Waals surface area contributed by atoms with Gasteiger partial charge in [0.2, 0.25) is 17.8 Å². The van der Waals surface area contributed by atoms with E-state index in [0.717, 1.165) is 4.90 Å². The van der Waals surface area contributed by atoms with Crippen LogP contribution in [0.4, 0.5) is 27.9 Å². The Morgan fingerprint density at radius 3 is 2.82 bits per heavy atom. The van der Waals surface area contributed by atoms with Crippen molar-refractivity contribution in [3.63, 3.8) is 0 Å². The van der Waals surface area contributed by atoms with Crippen molar-refractivity contribution >= 4 is 62.8 Å². The number of anilines is 4. The van der Waals surface area contributed by atoms with Gasteiger partial charge in [-0.25, -0.2) is 14.7 Å². The molecule has 1 unspecified atom stereocenters. The van der Waals surface area contributed by atoms with Crippen LogP contribution in [0.2, 0.25) is 0 Å². The van der Waals surface area contributed by atoms with E-state index in [2.05, 4.69) is 52.5 Å². The molecular formula is C21H23BrN8O4. The fraction of sp³-hybridized carbons (Fsp3) is 0.333. The Morgan fingerprint density at radius 2 is 2.09 bits per heavy atom. The summed E-state index contributed by atoms with van der Waals surface area (Å²) in [6.45, 7) is 0.984. The second-order valence-corrected chi connectivity index (χ2v) is 8.54. The summed E-state index contributed by atoms with van der Waals surface area (Å²) >= 11 is 3.41. The molecule has 0 bridgehead atoms. The number of hydrogen-bond acceptors (Lipinski definition) is 8. The third-order valence-electron chi connectivity index (χ3n) is 5.20. The molecule has 12 nitrogen and oxygen atoms in total. The van der Waals surface area contributed by atoms with E-state index in [1.807, 2.05) is 0 Å². The topological polar surface area (TPSA) is 157 Å². The zero-order valence-corrected chi connectivity index (χ0v) is 19.6. The number of nitrogens with zero attached hydrogens (tertiary/aromatic N) is 3. The van der Waals surface area contributed by atoms with Crippen LogP contribution in [0.3, 0.4) is 0 Å². The van der Waals surface area contributed by atoms with E-state index in [1.165, 1.54) is 0 Å². The van der Waals surface area contributed by atoms with Crippen LogP contribution in [0, 0.1) is 0 Å². The fourth-order valence-electron chi connectivity index (χ4n) is 3.53. The summed E-state index contributed by atoms with van der Waals surface area (Å²) in [5, 5.41) is 14.2. The second-order valence-electron chi connectivity index (χ2n) is 7.68. The lowest BCUT2D eigenvalue weighted by molar-refractivity contribution is -0.125. The monoisotopic (exact) mass is 530 g/mol. The summed E-state index contributed by atoms with van der Waals surface area (Å²) in [6.07, 6.45) is 3.16. The number of nitrogens with one attached hydrogen (secondary N) is 5. The third-order valence-corrected chi connectivity index (χ3v) is 5.79. The number of urea groups is 1. The van der Waals surface area contributed by atoms with Crippen molar-refractivity contribution in [2.24, 2.45) is 0 Å². The molecule has 1 aromatic heterocycles. The molecule has 2 saturated heterocycles. The minimum Gasteiger partial charge on any atom is -0.369 e. The molecule has 5 N–H and O–H groups in total. The number of amides is 5. The van der Waals surface area contributed by atoms with Gasteiger partial charge < -0.3 is 26.6 Å². The summed E-state index contributed by atoms with van der Waals surface area (Å²) in [6, 6.07) is 5.93. The average Bonchev–Trinajstić information content (AvgIpc) is 3.40. The quantitative estimate of drug-likeness (QED) is 0.239. The molecule has 0 radical (unpaired) electrons. The molecular weight excluding hydrogens is 508 g/mol. The van der Waals surface area contributed by atoms with Gasteiger partial charge in [-0.1, -0.05) is 6.07 Å². The number of hydrogen-bond donors (Lipinski definition) is 5. The molecule has 13 heteroatoms. The predicted octanol–water partition coefficient (Wildman–Crippen LogP) is 1.24. The molecule has 1 atom stereocenters. The number of halogens is 1. The van der Waals surface area contributed by atoms with Crippen molar-refractivity contribution in [1.29, 1.82) is 0 Å². The van der Waals surface area contributed by atoms with Crippen molar-refractivity contribution in [2.45, 2.75) is 25.3 Å². The van der Waals surface area contributed by atoms with E-state index in [1.54, 1.807) is 30.5 Å². The Morgan fingerprint density at radius 1 is 1.24 bits per heavy atom. The van der Waals surface area contributed by atoms with Gasteiger partial charge in [-0.15, -0.1) is 0 Å². The molecule has 1 aromatic carbocycles. The maximum atomic E-state index is 12.0. The molecule has 178 valence electrons. The van der Waals surface area contributed by atoms with Crippen LogP contribution in [0.25, 0.3) is 0 Å². The Bertz CT molecular complexity index is 1110. The van der Waals surface area contributed by atoms with E-state index in [-0.39, 0.29) is 24.3 Å². The Kier molecular flexibility index (Phi) is 7.21. The first-order valence-electron chi connectivity index (χ1n) is 10.7. The van der Waals surface area contributed by atoms with Crippen molar-refractivity contribution in [2.75, 3.05) is 35.2 Å².